The Morgan fingerprint density at radius 3 is 2.71 bits per heavy atom. The van der Waals surface area contributed by atoms with Crippen LogP contribution in [0.4, 0.5) is 21.7 Å². The van der Waals surface area contributed by atoms with Gasteiger partial charge >= 0.3 is 0 Å². The lowest BCUT2D eigenvalue weighted by Gasteiger charge is -2.13. The van der Waals surface area contributed by atoms with Gasteiger partial charge in [0, 0.05) is 9.26 Å². The van der Waals surface area contributed by atoms with Crippen LogP contribution in [0.25, 0.3) is 0 Å². The normalized spacial score (nSPS) is 10.5. The molecule has 0 atom stereocenters. The second-order valence-corrected chi connectivity index (χ2v) is 6.21. The monoisotopic (exact) mass is 438 g/mol. The van der Waals surface area contributed by atoms with Crippen LogP contribution in [0.1, 0.15) is 15.9 Å². The molecular formula is C15H12FIN6O. The number of carbonyl (C=O) groups excluding carboxylic acids is 1. The molecule has 0 radical (unpaired) electrons. The van der Waals surface area contributed by atoms with E-state index >= 15 is 0 Å². The maximum absolute atomic E-state index is 13.6. The number of aryl methyl sites for hydroxylation is 1. The first-order valence-corrected chi connectivity index (χ1v) is 7.98. The molecule has 0 saturated heterocycles. The number of nitrogens with zero attached hydrogens (tertiary/aromatic N) is 3. The quantitative estimate of drug-likeness (QED) is 0.544. The molecule has 0 aliphatic heterocycles. The Labute approximate surface area is 150 Å². The summed E-state index contributed by atoms with van der Waals surface area (Å²) in [5.41, 5.74) is 2.45. The lowest BCUT2D eigenvalue weighted by Crippen LogP contribution is -2.15. The molecule has 1 heterocycles. The molecule has 24 heavy (non-hydrogen) atoms. The van der Waals surface area contributed by atoms with Gasteiger partial charge in [0.15, 0.2) is 0 Å². The molecule has 0 spiro atoms. The molecule has 122 valence electrons. The highest BCUT2D eigenvalue weighted by atomic mass is 127. The van der Waals surface area contributed by atoms with Crippen molar-refractivity contribution < 1.29 is 9.18 Å². The predicted octanol–water partition coefficient (Wildman–Crippen LogP) is 3.25. The van der Waals surface area contributed by atoms with Gasteiger partial charge in [-0.05, 0) is 76.7 Å². The summed E-state index contributed by atoms with van der Waals surface area (Å²) in [4.78, 5) is 12.4. The van der Waals surface area contributed by atoms with E-state index in [0.29, 0.717) is 5.69 Å². The number of amides is 1. The van der Waals surface area contributed by atoms with Crippen LogP contribution < -0.4 is 10.6 Å². The number of anilines is 3. The maximum atomic E-state index is 13.6. The first-order chi connectivity index (χ1) is 11.5. The summed E-state index contributed by atoms with van der Waals surface area (Å²) < 4.78 is 14.7. The molecule has 1 amide bonds. The Balaban J connectivity index is 1.91. The minimum Gasteiger partial charge on any atom is -0.355 e. The zero-order chi connectivity index (χ0) is 17.1. The Bertz CT molecular complexity index is 884. The standard InChI is InChI=1S/C15H12FIN6O/c1-8-6-10(17)3-5-12(8)18-13-4-2-9(16)7-11(13)14(24)19-15-20-22-23-21-15/h2-7,18H,1H3,(H2,19,20,21,22,23,24). The topological polar surface area (TPSA) is 95.6 Å². The zero-order valence-electron chi connectivity index (χ0n) is 12.5. The Morgan fingerprint density at radius 2 is 2.00 bits per heavy atom. The van der Waals surface area contributed by atoms with E-state index in [-0.39, 0.29) is 11.5 Å². The van der Waals surface area contributed by atoms with Crippen molar-refractivity contribution in [2.24, 2.45) is 0 Å². The third-order valence-corrected chi connectivity index (χ3v) is 3.93. The van der Waals surface area contributed by atoms with Crippen LogP contribution in [0.5, 0.6) is 0 Å². The number of H-pyrrole nitrogens is 1. The van der Waals surface area contributed by atoms with E-state index in [0.717, 1.165) is 20.9 Å². The average molecular weight is 438 g/mol. The number of aromatic nitrogens is 4. The van der Waals surface area contributed by atoms with Crippen LogP contribution in [-0.4, -0.2) is 26.5 Å². The van der Waals surface area contributed by atoms with Gasteiger partial charge in [-0.25, -0.2) is 4.39 Å². The molecule has 3 aromatic rings. The number of nitrogens with one attached hydrogen (secondary N) is 3. The van der Waals surface area contributed by atoms with Crippen LogP contribution in [0.2, 0.25) is 0 Å². The summed E-state index contributed by atoms with van der Waals surface area (Å²) in [6, 6.07) is 9.80. The fourth-order valence-electron chi connectivity index (χ4n) is 2.11. The van der Waals surface area contributed by atoms with Gasteiger partial charge in [-0.15, -0.1) is 5.10 Å². The number of halogens is 2. The molecule has 0 saturated carbocycles. The molecule has 9 heteroatoms. The van der Waals surface area contributed by atoms with Crippen molar-refractivity contribution in [3.05, 3.63) is 56.9 Å². The summed E-state index contributed by atoms with van der Waals surface area (Å²) >= 11 is 2.22. The lowest BCUT2D eigenvalue weighted by atomic mass is 10.1. The summed E-state index contributed by atoms with van der Waals surface area (Å²) in [7, 11) is 0. The van der Waals surface area contributed by atoms with Crippen LogP contribution in [0.3, 0.4) is 0 Å². The number of tetrazole rings is 1. The van der Waals surface area contributed by atoms with Crippen molar-refractivity contribution in [2.75, 3.05) is 10.6 Å². The van der Waals surface area contributed by atoms with Gasteiger partial charge in [0.25, 0.3) is 11.9 Å². The van der Waals surface area contributed by atoms with E-state index in [9.17, 15) is 9.18 Å². The van der Waals surface area contributed by atoms with E-state index < -0.39 is 11.7 Å². The van der Waals surface area contributed by atoms with Crippen molar-refractivity contribution in [1.29, 1.82) is 0 Å². The smallest absolute Gasteiger partial charge is 0.270 e. The van der Waals surface area contributed by atoms with Gasteiger partial charge in [-0.1, -0.05) is 5.10 Å². The Hall–Kier alpha value is -2.56. The maximum Gasteiger partial charge on any atom is 0.270 e. The summed E-state index contributed by atoms with van der Waals surface area (Å²) in [6.45, 7) is 1.95. The van der Waals surface area contributed by atoms with Crippen LogP contribution in [-0.2, 0) is 0 Å². The second kappa shape index (κ2) is 6.91. The van der Waals surface area contributed by atoms with Gasteiger partial charge < -0.3 is 5.32 Å². The van der Waals surface area contributed by atoms with Crippen molar-refractivity contribution in [2.45, 2.75) is 6.92 Å². The van der Waals surface area contributed by atoms with Crippen molar-refractivity contribution >= 4 is 45.8 Å². The first-order valence-electron chi connectivity index (χ1n) is 6.90. The van der Waals surface area contributed by atoms with E-state index in [2.05, 4.69) is 53.8 Å². The predicted molar refractivity (Wildman–Crippen MR) is 95.7 cm³/mol. The summed E-state index contributed by atoms with van der Waals surface area (Å²) in [5, 5.41) is 18.5. The van der Waals surface area contributed by atoms with Crippen molar-refractivity contribution in [1.82, 2.24) is 20.6 Å². The first kappa shape index (κ1) is 16.3. The number of aromatic amines is 1. The molecule has 0 aliphatic carbocycles. The molecule has 0 bridgehead atoms. The van der Waals surface area contributed by atoms with Gasteiger partial charge in [0.1, 0.15) is 5.82 Å². The van der Waals surface area contributed by atoms with E-state index in [1.807, 2.05) is 25.1 Å². The molecular weight excluding hydrogens is 426 g/mol. The molecule has 1 aromatic heterocycles. The van der Waals surface area contributed by atoms with Gasteiger partial charge in [-0.3, -0.25) is 10.1 Å². The van der Waals surface area contributed by atoms with Gasteiger partial charge in [-0.2, -0.15) is 5.21 Å². The van der Waals surface area contributed by atoms with Gasteiger partial charge in [0.2, 0.25) is 0 Å². The number of carbonyl (C=O) groups is 1. The summed E-state index contributed by atoms with van der Waals surface area (Å²) in [5.74, 6) is -1.04. The largest absolute Gasteiger partial charge is 0.355 e. The van der Waals surface area contributed by atoms with Crippen molar-refractivity contribution in [3.63, 3.8) is 0 Å². The third-order valence-electron chi connectivity index (χ3n) is 3.25. The van der Waals surface area contributed by atoms with Crippen molar-refractivity contribution in [3.8, 4) is 0 Å². The highest BCUT2D eigenvalue weighted by Gasteiger charge is 2.15. The fraction of sp³-hybridized carbons (Fsp3) is 0.0667. The molecule has 0 unspecified atom stereocenters. The molecule has 3 rings (SSSR count). The fourth-order valence-corrected chi connectivity index (χ4v) is 2.76. The highest BCUT2D eigenvalue weighted by Crippen LogP contribution is 2.26. The Morgan fingerprint density at radius 1 is 1.21 bits per heavy atom. The SMILES string of the molecule is Cc1cc(I)ccc1Nc1ccc(F)cc1C(=O)Nc1nn[nH]n1. The summed E-state index contributed by atoms with van der Waals surface area (Å²) in [6.07, 6.45) is 0. The van der Waals surface area contributed by atoms with Crippen LogP contribution in [0.15, 0.2) is 36.4 Å². The molecule has 2 aromatic carbocycles. The number of hydrogen-bond donors (Lipinski definition) is 3. The number of rotatable bonds is 4. The highest BCUT2D eigenvalue weighted by molar-refractivity contribution is 14.1. The van der Waals surface area contributed by atoms with Crippen LogP contribution in [0, 0.1) is 16.3 Å². The second-order valence-electron chi connectivity index (χ2n) is 4.96. The third kappa shape index (κ3) is 3.67. The van der Waals surface area contributed by atoms with Crippen LogP contribution >= 0.6 is 22.6 Å². The lowest BCUT2D eigenvalue weighted by molar-refractivity contribution is 0.102. The molecule has 3 N–H and O–H groups in total. The molecule has 7 nitrogen and oxygen atoms in total. The number of hydrogen-bond acceptors (Lipinski definition) is 5. The molecule has 0 aliphatic rings. The minimum absolute atomic E-state index is 0.0145. The number of benzene rings is 2. The minimum atomic E-state index is -0.540. The van der Waals surface area contributed by atoms with E-state index in [1.165, 1.54) is 12.1 Å². The van der Waals surface area contributed by atoms with E-state index in [1.54, 1.807) is 0 Å². The average Bonchev–Trinajstić information content (AvgIpc) is 3.04. The van der Waals surface area contributed by atoms with E-state index in [4.69, 9.17) is 0 Å². The Kier molecular flexibility index (Phi) is 4.69. The molecule has 0 fully saturated rings. The van der Waals surface area contributed by atoms with Gasteiger partial charge in [0.05, 0.1) is 11.3 Å². The zero-order valence-corrected chi connectivity index (χ0v) is 14.6.